The molecule has 0 aliphatic carbocycles. The Labute approximate surface area is 230 Å². The highest BCUT2D eigenvalue weighted by Crippen LogP contribution is 2.34. The highest BCUT2D eigenvalue weighted by Gasteiger charge is 2.35. The smallest absolute Gasteiger partial charge is 0.318 e. The second kappa shape index (κ2) is 11.2. The minimum atomic E-state index is -0.0696. The fourth-order valence-corrected chi connectivity index (χ4v) is 5.75. The fourth-order valence-electron chi connectivity index (χ4n) is 5.75. The largest absolute Gasteiger partial charge is 0.497 e. The van der Waals surface area contributed by atoms with Crippen LogP contribution in [0.15, 0.2) is 30.9 Å². The Bertz CT molecular complexity index is 1270. The molecular formula is C29H38N6O4. The molecule has 1 aromatic carbocycles. The second-order valence-corrected chi connectivity index (χ2v) is 10.7. The maximum absolute atomic E-state index is 13.6. The van der Waals surface area contributed by atoms with Crippen LogP contribution in [0.4, 0.5) is 5.82 Å². The van der Waals surface area contributed by atoms with Gasteiger partial charge in [-0.2, -0.15) is 9.97 Å². The van der Waals surface area contributed by atoms with Crippen LogP contribution in [0.1, 0.15) is 46.9 Å². The number of carbonyl (C=O) groups is 2. The summed E-state index contributed by atoms with van der Waals surface area (Å²) in [5.41, 5.74) is 3.25. The molecule has 2 atom stereocenters. The number of likely N-dealkylation sites (N-methyl/N-ethyl adjacent to an activating group) is 1. The number of aryl methyl sites for hydroxylation is 1. The van der Waals surface area contributed by atoms with Crippen LogP contribution in [0.25, 0.3) is 0 Å². The van der Waals surface area contributed by atoms with Crippen molar-refractivity contribution in [3.8, 4) is 11.8 Å². The van der Waals surface area contributed by atoms with Gasteiger partial charge in [-0.3, -0.25) is 9.59 Å². The molecule has 0 spiro atoms. The first-order chi connectivity index (χ1) is 18.8. The number of benzene rings is 1. The van der Waals surface area contributed by atoms with E-state index in [0.29, 0.717) is 62.7 Å². The Balaban J connectivity index is 1.43. The van der Waals surface area contributed by atoms with E-state index in [1.54, 1.807) is 18.1 Å². The summed E-state index contributed by atoms with van der Waals surface area (Å²) in [7, 11) is 3.71. The average molecular weight is 535 g/mol. The van der Waals surface area contributed by atoms with Crippen molar-refractivity contribution in [2.24, 2.45) is 0 Å². The van der Waals surface area contributed by atoms with Crippen LogP contribution in [-0.2, 0) is 17.9 Å². The molecule has 2 fully saturated rings. The summed E-state index contributed by atoms with van der Waals surface area (Å²) in [5, 5.41) is 0. The predicted molar refractivity (Wildman–Crippen MR) is 148 cm³/mol. The van der Waals surface area contributed by atoms with E-state index in [4.69, 9.17) is 19.4 Å². The van der Waals surface area contributed by atoms with Crippen molar-refractivity contribution in [3.05, 3.63) is 53.2 Å². The van der Waals surface area contributed by atoms with E-state index in [1.165, 1.54) is 6.08 Å². The van der Waals surface area contributed by atoms with Gasteiger partial charge in [0.1, 0.15) is 18.2 Å². The monoisotopic (exact) mass is 534 g/mol. The molecule has 2 unspecified atom stereocenters. The van der Waals surface area contributed by atoms with Gasteiger partial charge >= 0.3 is 6.01 Å². The third-order valence-corrected chi connectivity index (χ3v) is 8.16. The SMILES string of the molecule is C=CC(=O)N1CCN(c2nc(OCC3CCCN3C)nc3c2CN(C(=O)c2cc(OC)ccc2C)C3)C(C)C1. The summed E-state index contributed by atoms with van der Waals surface area (Å²) < 4.78 is 11.5. The van der Waals surface area contributed by atoms with Gasteiger partial charge in [0.05, 0.1) is 25.9 Å². The summed E-state index contributed by atoms with van der Waals surface area (Å²) >= 11 is 0. The number of methoxy groups -OCH3 is 1. The Morgan fingerprint density at radius 2 is 1.97 bits per heavy atom. The number of carbonyl (C=O) groups excluding carboxylic acids is 2. The molecule has 3 aliphatic heterocycles. The molecule has 3 aliphatic rings. The number of piperazine rings is 1. The number of fused-ring (bicyclic) bond motifs is 1. The highest BCUT2D eigenvalue weighted by molar-refractivity contribution is 5.96. The minimum absolute atomic E-state index is 0.0286. The zero-order valence-corrected chi connectivity index (χ0v) is 23.4. The van der Waals surface area contributed by atoms with Crippen LogP contribution in [0.3, 0.4) is 0 Å². The highest BCUT2D eigenvalue weighted by atomic mass is 16.5. The molecule has 2 aromatic rings. The van der Waals surface area contributed by atoms with Gasteiger partial charge in [-0.25, -0.2) is 0 Å². The molecule has 4 heterocycles. The number of likely N-dealkylation sites (tertiary alicyclic amines) is 1. The molecule has 208 valence electrons. The van der Waals surface area contributed by atoms with E-state index in [0.717, 1.165) is 42.0 Å². The Kier molecular flexibility index (Phi) is 7.74. The van der Waals surface area contributed by atoms with Crippen LogP contribution < -0.4 is 14.4 Å². The van der Waals surface area contributed by atoms with E-state index in [2.05, 4.69) is 30.4 Å². The van der Waals surface area contributed by atoms with Crippen LogP contribution in [-0.4, -0.2) is 95.5 Å². The molecule has 0 saturated carbocycles. The second-order valence-electron chi connectivity index (χ2n) is 10.7. The molecule has 0 N–H and O–H groups in total. The molecule has 0 bridgehead atoms. The molecule has 10 nitrogen and oxygen atoms in total. The van der Waals surface area contributed by atoms with Crippen molar-refractivity contribution in [3.63, 3.8) is 0 Å². The number of rotatable bonds is 7. The number of ether oxygens (including phenoxy) is 2. The zero-order valence-electron chi connectivity index (χ0n) is 23.4. The molecule has 39 heavy (non-hydrogen) atoms. The first-order valence-electron chi connectivity index (χ1n) is 13.6. The normalized spacial score (nSPS) is 21.2. The zero-order chi connectivity index (χ0) is 27.7. The predicted octanol–water partition coefficient (Wildman–Crippen LogP) is 2.65. The van der Waals surface area contributed by atoms with Crippen LogP contribution in [0.2, 0.25) is 0 Å². The molecule has 5 rings (SSSR count). The van der Waals surface area contributed by atoms with Gasteiger partial charge in [-0.1, -0.05) is 12.6 Å². The lowest BCUT2D eigenvalue weighted by Crippen LogP contribution is -2.54. The summed E-state index contributed by atoms with van der Waals surface area (Å²) in [4.78, 5) is 43.7. The number of amides is 2. The van der Waals surface area contributed by atoms with Gasteiger partial charge in [-0.15, -0.1) is 0 Å². The number of hydrogen-bond acceptors (Lipinski definition) is 8. The van der Waals surface area contributed by atoms with E-state index in [1.807, 2.05) is 24.0 Å². The molecular weight excluding hydrogens is 496 g/mol. The van der Waals surface area contributed by atoms with E-state index in [9.17, 15) is 9.59 Å². The van der Waals surface area contributed by atoms with Gasteiger partial charge in [0.15, 0.2) is 0 Å². The first-order valence-corrected chi connectivity index (χ1v) is 13.6. The van der Waals surface area contributed by atoms with Crippen molar-refractivity contribution in [1.29, 1.82) is 0 Å². The van der Waals surface area contributed by atoms with Crippen molar-refractivity contribution in [2.45, 2.75) is 51.9 Å². The van der Waals surface area contributed by atoms with Crippen molar-refractivity contribution < 1.29 is 19.1 Å². The summed E-state index contributed by atoms with van der Waals surface area (Å²) in [6, 6.07) is 6.26. The third kappa shape index (κ3) is 5.43. The molecule has 1 aromatic heterocycles. The molecule has 2 amide bonds. The van der Waals surface area contributed by atoms with E-state index < -0.39 is 0 Å². The van der Waals surface area contributed by atoms with Crippen LogP contribution >= 0.6 is 0 Å². The van der Waals surface area contributed by atoms with E-state index >= 15 is 0 Å². The summed E-state index contributed by atoms with van der Waals surface area (Å²) in [5.74, 6) is 1.30. The standard InChI is InChI=1S/C29H38N6O4/c1-6-26(36)33-12-13-35(20(3)15-33)27-24-16-34(28(37)23-14-22(38-5)10-9-19(23)2)17-25(24)30-29(31-27)39-18-21-8-7-11-32(21)4/h6,9-10,14,20-21H,1,7-8,11-13,15-18H2,2-5H3. The molecule has 10 heteroatoms. The number of hydrogen-bond donors (Lipinski definition) is 0. The quantitative estimate of drug-likeness (QED) is 0.501. The maximum Gasteiger partial charge on any atom is 0.318 e. The van der Waals surface area contributed by atoms with E-state index in [-0.39, 0.29) is 17.9 Å². The first kappa shape index (κ1) is 26.9. The third-order valence-electron chi connectivity index (χ3n) is 8.16. The lowest BCUT2D eigenvalue weighted by molar-refractivity contribution is -0.126. The number of aromatic nitrogens is 2. The van der Waals surface area contributed by atoms with Crippen molar-refractivity contribution in [2.75, 3.05) is 51.8 Å². The summed E-state index contributed by atoms with van der Waals surface area (Å²) in [6.45, 7) is 11.8. The van der Waals surface area contributed by atoms with Gasteiger partial charge in [0.25, 0.3) is 5.91 Å². The van der Waals surface area contributed by atoms with Gasteiger partial charge < -0.3 is 29.1 Å². The minimum Gasteiger partial charge on any atom is -0.497 e. The summed E-state index contributed by atoms with van der Waals surface area (Å²) in [6.07, 6.45) is 3.61. The molecule has 2 saturated heterocycles. The van der Waals surface area contributed by atoms with Crippen LogP contribution in [0, 0.1) is 6.92 Å². The lowest BCUT2D eigenvalue weighted by atomic mass is 10.1. The van der Waals surface area contributed by atoms with Gasteiger partial charge in [-0.05, 0) is 64.1 Å². The lowest BCUT2D eigenvalue weighted by Gasteiger charge is -2.40. The van der Waals surface area contributed by atoms with Crippen molar-refractivity contribution in [1.82, 2.24) is 24.7 Å². The average Bonchev–Trinajstić information content (AvgIpc) is 3.56. The van der Waals surface area contributed by atoms with Gasteiger partial charge in [0, 0.05) is 42.8 Å². The Morgan fingerprint density at radius 1 is 1.15 bits per heavy atom. The number of nitrogens with zero attached hydrogens (tertiary/aromatic N) is 6. The topological polar surface area (TPSA) is 91.3 Å². The Morgan fingerprint density at radius 3 is 2.67 bits per heavy atom. The van der Waals surface area contributed by atoms with Crippen molar-refractivity contribution >= 4 is 17.6 Å². The maximum atomic E-state index is 13.6. The number of anilines is 1. The molecule has 0 radical (unpaired) electrons. The van der Waals surface area contributed by atoms with Gasteiger partial charge in [0.2, 0.25) is 5.91 Å². The Hall–Kier alpha value is -3.66. The van der Waals surface area contributed by atoms with Crippen LogP contribution in [0.5, 0.6) is 11.8 Å². The fraction of sp³-hybridized carbons (Fsp3) is 0.517.